The topological polar surface area (TPSA) is 58.0 Å². The molecule has 226 valence electrons. The van der Waals surface area contributed by atoms with Crippen molar-refractivity contribution in [3.8, 4) is 0 Å². The number of hydrogen-bond acceptors (Lipinski definition) is 6. The molecule has 0 radical (unpaired) electrons. The van der Waals surface area contributed by atoms with E-state index in [4.69, 9.17) is 19.9 Å². The molecule has 0 spiro atoms. The van der Waals surface area contributed by atoms with E-state index in [2.05, 4.69) is 110 Å². The predicted molar refractivity (Wildman–Crippen MR) is 183 cm³/mol. The average Bonchev–Trinajstić information content (AvgIpc) is 3.03. The van der Waals surface area contributed by atoms with Crippen LogP contribution in [0.15, 0.2) is 97.6 Å². The van der Waals surface area contributed by atoms with Gasteiger partial charge in [-0.1, -0.05) is 59.4 Å². The van der Waals surface area contributed by atoms with Gasteiger partial charge in [-0.2, -0.15) is 0 Å². The van der Waals surface area contributed by atoms with Crippen LogP contribution in [0, 0.1) is 0 Å². The van der Waals surface area contributed by atoms with Crippen LogP contribution in [0.25, 0.3) is 0 Å². The summed E-state index contributed by atoms with van der Waals surface area (Å²) in [5.41, 5.74) is 7.00. The summed E-state index contributed by atoms with van der Waals surface area (Å²) >= 11 is 0. The number of aryl methyl sites for hydroxylation is 4. The molecule has 0 aliphatic heterocycles. The van der Waals surface area contributed by atoms with Crippen molar-refractivity contribution in [3.63, 3.8) is 0 Å². The van der Waals surface area contributed by atoms with Crippen LogP contribution in [-0.2, 0) is 25.7 Å². The van der Waals surface area contributed by atoms with Gasteiger partial charge in [-0.15, -0.1) is 0 Å². The molecule has 5 aromatic rings. The third-order valence-electron chi connectivity index (χ3n) is 7.66. The highest BCUT2D eigenvalue weighted by atomic mass is 15.3. The van der Waals surface area contributed by atoms with E-state index < -0.39 is 0 Å². The third-order valence-corrected chi connectivity index (χ3v) is 7.66. The van der Waals surface area contributed by atoms with Crippen molar-refractivity contribution in [3.05, 3.63) is 120 Å². The van der Waals surface area contributed by atoms with Gasteiger partial charge in [0, 0.05) is 24.8 Å². The molecule has 0 aliphatic rings. The molecule has 0 bridgehead atoms. The molecule has 0 atom stereocenters. The van der Waals surface area contributed by atoms with Crippen LogP contribution in [-0.4, -0.2) is 19.9 Å². The van der Waals surface area contributed by atoms with Gasteiger partial charge in [-0.05, 0) is 115 Å². The highest BCUT2D eigenvalue weighted by molar-refractivity contribution is 5.79. The van der Waals surface area contributed by atoms with Crippen molar-refractivity contribution in [2.24, 2.45) is 0 Å². The Labute approximate surface area is 262 Å². The first-order valence-corrected chi connectivity index (χ1v) is 16.1. The van der Waals surface area contributed by atoms with Gasteiger partial charge in [0.05, 0.1) is 11.4 Å². The van der Waals surface area contributed by atoms with Crippen LogP contribution >= 0.6 is 0 Å². The SMILES string of the molecule is CCCc1ccnc(N(c2cccc(N(c3cc(CCC)ccn3)c3cc(CCC)ccn3)c2)c2cc(CCC)ccn2)c1. The van der Waals surface area contributed by atoms with Gasteiger partial charge in [0.25, 0.3) is 0 Å². The van der Waals surface area contributed by atoms with E-state index in [-0.39, 0.29) is 0 Å². The molecule has 4 heterocycles. The molecule has 0 unspecified atom stereocenters. The lowest BCUT2D eigenvalue weighted by Crippen LogP contribution is -2.16. The number of benzene rings is 1. The fourth-order valence-electron chi connectivity index (χ4n) is 5.64. The van der Waals surface area contributed by atoms with Crippen LogP contribution in [0.1, 0.15) is 75.6 Å². The molecule has 4 aromatic heterocycles. The first-order valence-electron chi connectivity index (χ1n) is 16.1. The molecular weight excluding hydrogens is 540 g/mol. The van der Waals surface area contributed by atoms with Crippen LogP contribution in [0.4, 0.5) is 34.6 Å². The van der Waals surface area contributed by atoms with E-state index in [0.29, 0.717) is 0 Å². The fourth-order valence-corrected chi connectivity index (χ4v) is 5.64. The third kappa shape index (κ3) is 7.49. The molecule has 44 heavy (non-hydrogen) atoms. The first-order chi connectivity index (χ1) is 21.6. The van der Waals surface area contributed by atoms with Crippen molar-refractivity contribution < 1.29 is 0 Å². The van der Waals surface area contributed by atoms with Gasteiger partial charge >= 0.3 is 0 Å². The lowest BCUT2D eigenvalue weighted by atomic mass is 10.1. The smallest absolute Gasteiger partial charge is 0.138 e. The Hall–Kier alpha value is -4.58. The lowest BCUT2D eigenvalue weighted by Gasteiger charge is -2.28. The van der Waals surface area contributed by atoms with Gasteiger partial charge in [-0.3, -0.25) is 9.80 Å². The average molecular weight is 585 g/mol. The standard InChI is InChI=1S/C38H44N6/c1-5-10-29-16-20-39-35(24-29)43(36-25-30(11-6-2)17-21-40-36)33-14-9-15-34(28-33)44(37-26-31(12-7-3)18-22-41-37)38-27-32(13-8-4)19-23-42-38/h9,14-28H,5-8,10-13H2,1-4H3. The van der Waals surface area contributed by atoms with E-state index in [1.54, 1.807) is 0 Å². The van der Waals surface area contributed by atoms with Crippen LogP contribution in [0.2, 0.25) is 0 Å². The molecule has 0 saturated heterocycles. The van der Waals surface area contributed by atoms with E-state index in [9.17, 15) is 0 Å². The molecule has 0 saturated carbocycles. The highest BCUT2D eigenvalue weighted by Crippen LogP contribution is 2.39. The van der Waals surface area contributed by atoms with Gasteiger partial charge in [-0.25, -0.2) is 19.9 Å². The summed E-state index contributed by atoms with van der Waals surface area (Å²) in [6.07, 6.45) is 15.9. The molecule has 6 heteroatoms. The summed E-state index contributed by atoms with van der Waals surface area (Å²) in [6, 6.07) is 25.7. The number of aromatic nitrogens is 4. The Bertz CT molecular complexity index is 1430. The Morgan fingerprint density at radius 1 is 0.409 bits per heavy atom. The zero-order valence-corrected chi connectivity index (χ0v) is 26.6. The van der Waals surface area contributed by atoms with Crippen molar-refractivity contribution in [2.75, 3.05) is 9.80 Å². The fraction of sp³-hybridized carbons (Fsp3) is 0.316. The van der Waals surface area contributed by atoms with Gasteiger partial charge in [0.1, 0.15) is 23.3 Å². The first kappa shape index (κ1) is 30.9. The van der Waals surface area contributed by atoms with Crippen LogP contribution < -0.4 is 9.80 Å². The summed E-state index contributed by atoms with van der Waals surface area (Å²) < 4.78 is 0. The summed E-state index contributed by atoms with van der Waals surface area (Å²) in [7, 11) is 0. The molecule has 6 nitrogen and oxygen atoms in total. The molecule has 0 amide bonds. The van der Waals surface area contributed by atoms with Crippen molar-refractivity contribution in [1.29, 1.82) is 0 Å². The zero-order valence-electron chi connectivity index (χ0n) is 26.6. The molecule has 0 N–H and O–H groups in total. The van der Waals surface area contributed by atoms with E-state index in [1.807, 2.05) is 24.8 Å². The maximum absolute atomic E-state index is 4.85. The minimum atomic E-state index is 0.854. The minimum Gasteiger partial charge on any atom is -0.279 e. The molecule has 0 aliphatic carbocycles. The van der Waals surface area contributed by atoms with Gasteiger partial charge < -0.3 is 0 Å². The summed E-state index contributed by atoms with van der Waals surface area (Å²) in [5, 5.41) is 0. The Kier molecular flexibility index (Phi) is 10.7. The monoisotopic (exact) mass is 584 g/mol. The largest absolute Gasteiger partial charge is 0.279 e. The maximum atomic E-state index is 4.85. The molecular formula is C38H44N6. The highest BCUT2D eigenvalue weighted by Gasteiger charge is 2.21. The summed E-state index contributed by atoms with van der Waals surface area (Å²) in [4.78, 5) is 23.7. The number of rotatable bonds is 14. The van der Waals surface area contributed by atoms with Gasteiger partial charge in [0.15, 0.2) is 0 Å². The number of anilines is 6. The van der Waals surface area contributed by atoms with E-state index >= 15 is 0 Å². The van der Waals surface area contributed by atoms with Crippen molar-refractivity contribution in [1.82, 2.24) is 19.9 Å². The molecule has 5 rings (SSSR count). The van der Waals surface area contributed by atoms with Crippen LogP contribution in [0.5, 0.6) is 0 Å². The second-order valence-corrected chi connectivity index (χ2v) is 11.3. The Morgan fingerprint density at radius 3 is 0.977 bits per heavy atom. The normalized spacial score (nSPS) is 11.0. The minimum absolute atomic E-state index is 0.854. The Balaban J connectivity index is 1.67. The second kappa shape index (κ2) is 15.2. The summed E-state index contributed by atoms with van der Waals surface area (Å²) in [5.74, 6) is 3.41. The number of nitrogens with zero attached hydrogens (tertiary/aromatic N) is 6. The molecule has 0 fully saturated rings. The van der Waals surface area contributed by atoms with Crippen molar-refractivity contribution in [2.45, 2.75) is 79.1 Å². The Morgan fingerprint density at radius 2 is 0.705 bits per heavy atom. The number of hydrogen-bond donors (Lipinski definition) is 0. The van der Waals surface area contributed by atoms with Crippen LogP contribution in [0.3, 0.4) is 0 Å². The maximum Gasteiger partial charge on any atom is 0.138 e. The molecule has 1 aromatic carbocycles. The predicted octanol–water partition coefficient (Wildman–Crippen LogP) is 10.0. The van der Waals surface area contributed by atoms with Gasteiger partial charge in [0.2, 0.25) is 0 Å². The van der Waals surface area contributed by atoms with Crippen molar-refractivity contribution >= 4 is 34.6 Å². The summed E-state index contributed by atoms with van der Waals surface area (Å²) in [6.45, 7) is 8.83. The second-order valence-electron chi connectivity index (χ2n) is 11.3. The number of pyridine rings is 4. The quantitative estimate of drug-likeness (QED) is 0.129. The van der Waals surface area contributed by atoms with E-state index in [1.165, 1.54) is 22.3 Å². The van der Waals surface area contributed by atoms with E-state index in [0.717, 1.165) is 86.0 Å². The zero-order chi connectivity index (χ0) is 30.7. The lowest BCUT2D eigenvalue weighted by molar-refractivity contribution is 0.912.